The molecule has 0 unspecified atom stereocenters. The summed E-state index contributed by atoms with van der Waals surface area (Å²) in [4.78, 5) is 43.8. The molecule has 1 saturated heterocycles. The molecule has 174 valence electrons. The van der Waals surface area contributed by atoms with Crippen molar-refractivity contribution in [1.82, 2.24) is 19.7 Å². The van der Waals surface area contributed by atoms with E-state index < -0.39 is 0 Å². The van der Waals surface area contributed by atoms with Crippen molar-refractivity contribution in [2.75, 3.05) is 23.7 Å². The van der Waals surface area contributed by atoms with Gasteiger partial charge in [0.05, 0.1) is 11.8 Å². The van der Waals surface area contributed by atoms with Gasteiger partial charge in [-0.25, -0.2) is 9.78 Å². The van der Waals surface area contributed by atoms with E-state index >= 15 is 0 Å². The van der Waals surface area contributed by atoms with Crippen LogP contribution in [0.3, 0.4) is 0 Å². The quantitative estimate of drug-likeness (QED) is 0.565. The van der Waals surface area contributed by atoms with Gasteiger partial charge in [0.15, 0.2) is 5.65 Å². The summed E-state index contributed by atoms with van der Waals surface area (Å²) in [7, 11) is 1.74. The molecule has 9 nitrogen and oxygen atoms in total. The lowest BCUT2D eigenvalue weighted by Gasteiger charge is -2.20. The third-order valence-electron chi connectivity index (χ3n) is 6.23. The predicted molar refractivity (Wildman–Crippen MR) is 129 cm³/mol. The lowest BCUT2D eigenvalue weighted by molar-refractivity contribution is -0.115. The van der Waals surface area contributed by atoms with Crippen molar-refractivity contribution in [2.24, 2.45) is 7.05 Å². The first kappa shape index (κ1) is 22.6. The second-order valence-electron chi connectivity index (χ2n) is 8.63. The zero-order valence-corrected chi connectivity index (χ0v) is 19.3. The summed E-state index contributed by atoms with van der Waals surface area (Å²) >= 11 is 0. The monoisotopic (exact) mass is 450 g/mol. The van der Waals surface area contributed by atoms with Gasteiger partial charge in [0.2, 0.25) is 5.91 Å². The van der Waals surface area contributed by atoms with E-state index in [1.54, 1.807) is 36.0 Å². The van der Waals surface area contributed by atoms with Gasteiger partial charge in [0.25, 0.3) is 5.56 Å². The van der Waals surface area contributed by atoms with Crippen LogP contribution in [0, 0.1) is 13.8 Å². The molecule has 3 N–H and O–H groups in total. The fourth-order valence-corrected chi connectivity index (χ4v) is 4.39. The van der Waals surface area contributed by atoms with Crippen LogP contribution in [-0.4, -0.2) is 44.7 Å². The van der Waals surface area contributed by atoms with Crippen LogP contribution in [0.5, 0.6) is 0 Å². The summed E-state index contributed by atoms with van der Waals surface area (Å²) < 4.78 is 1.59. The number of H-pyrrole nitrogens is 1. The lowest BCUT2D eigenvalue weighted by Crippen LogP contribution is -2.35. The highest BCUT2D eigenvalue weighted by atomic mass is 16.2. The molecule has 2 aromatic heterocycles. The molecule has 4 rings (SSSR count). The maximum atomic E-state index is 12.7. The van der Waals surface area contributed by atoms with E-state index in [1.807, 2.05) is 18.7 Å². The summed E-state index contributed by atoms with van der Waals surface area (Å²) in [6, 6.07) is 6.99. The van der Waals surface area contributed by atoms with Gasteiger partial charge in [-0.1, -0.05) is 12.8 Å². The van der Waals surface area contributed by atoms with E-state index in [-0.39, 0.29) is 23.9 Å². The Bertz CT molecular complexity index is 1230. The Morgan fingerprint density at radius 1 is 1.00 bits per heavy atom. The van der Waals surface area contributed by atoms with Crippen LogP contribution >= 0.6 is 0 Å². The number of pyridine rings is 1. The summed E-state index contributed by atoms with van der Waals surface area (Å²) in [5.41, 5.74) is 3.92. The van der Waals surface area contributed by atoms with Crippen LogP contribution in [0.15, 0.2) is 29.1 Å². The number of urea groups is 1. The highest BCUT2D eigenvalue weighted by Gasteiger charge is 2.18. The van der Waals surface area contributed by atoms with Gasteiger partial charge in [-0.05, 0) is 62.1 Å². The van der Waals surface area contributed by atoms with Gasteiger partial charge in [0, 0.05) is 37.2 Å². The molecule has 0 saturated carbocycles. The molecule has 0 spiro atoms. The lowest BCUT2D eigenvalue weighted by atomic mass is 10.0. The molecule has 0 aliphatic carbocycles. The fraction of sp³-hybridized carbons (Fsp3) is 0.417. The second-order valence-corrected chi connectivity index (χ2v) is 8.63. The molecule has 1 fully saturated rings. The first-order valence-corrected chi connectivity index (χ1v) is 11.3. The number of nitrogens with zero attached hydrogens (tertiary/aromatic N) is 3. The number of hydrogen-bond acceptors (Lipinski definition) is 4. The standard InChI is InChI=1S/C24H30N6O3/c1-15-19(16(2)25-22-21(15)23(32)28-29(22)3)14-20(31)26-17-8-10-18(11-9-17)27-24(33)30-12-6-4-5-7-13-30/h8-11H,4-7,12-14H2,1-3H3,(H,26,31)(H,27,33)(H,28,32). The first-order chi connectivity index (χ1) is 15.8. The number of nitrogens with one attached hydrogen (secondary N) is 3. The third-order valence-corrected chi connectivity index (χ3v) is 6.23. The number of benzene rings is 1. The summed E-state index contributed by atoms with van der Waals surface area (Å²) in [6.45, 7) is 5.26. The molecule has 1 aliphatic rings. The second kappa shape index (κ2) is 9.48. The number of carbonyl (C=O) groups is 2. The van der Waals surface area contributed by atoms with Crippen molar-refractivity contribution < 1.29 is 9.59 Å². The van der Waals surface area contributed by atoms with E-state index in [0.29, 0.717) is 22.4 Å². The highest BCUT2D eigenvalue weighted by molar-refractivity contribution is 5.94. The third kappa shape index (κ3) is 4.92. The minimum absolute atomic E-state index is 0.0848. The molecule has 9 heteroatoms. The van der Waals surface area contributed by atoms with Gasteiger partial charge in [0.1, 0.15) is 0 Å². The van der Waals surface area contributed by atoms with E-state index in [2.05, 4.69) is 20.7 Å². The molecule has 3 amide bonds. The number of likely N-dealkylation sites (tertiary alicyclic amines) is 1. The van der Waals surface area contributed by atoms with Crippen molar-refractivity contribution in [3.63, 3.8) is 0 Å². The number of carbonyl (C=O) groups excluding carboxylic acids is 2. The number of anilines is 2. The number of hydrogen-bond donors (Lipinski definition) is 3. The van der Waals surface area contributed by atoms with Crippen molar-refractivity contribution in [3.05, 3.63) is 51.4 Å². The molecule has 33 heavy (non-hydrogen) atoms. The maximum Gasteiger partial charge on any atom is 0.321 e. The Kier molecular flexibility index (Phi) is 6.48. The average Bonchev–Trinajstić information content (AvgIpc) is 2.96. The fourth-order valence-electron chi connectivity index (χ4n) is 4.39. The van der Waals surface area contributed by atoms with Gasteiger partial charge >= 0.3 is 6.03 Å². The van der Waals surface area contributed by atoms with Crippen molar-refractivity contribution in [3.8, 4) is 0 Å². The van der Waals surface area contributed by atoms with Crippen molar-refractivity contribution in [2.45, 2.75) is 46.0 Å². The molecular formula is C24H30N6O3. The normalized spacial score (nSPS) is 14.2. The van der Waals surface area contributed by atoms with Crippen LogP contribution in [0.2, 0.25) is 0 Å². The highest BCUT2D eigenvalue weighted by Crippen LogP contribution is 2.21. The van der Waals surface area contributed by atoms with Crippen molar-refractivity contribution in [1.29, 1.82) is 0 Å². The molecule has 0 radical (unpaired) electrons. The van der Waals surface area contributed by atoms with Crippen LogP contribution in [0.4, 0.5) is 16.2 Å². The van der Waals surface area contributed by atoms with Crippen LogP contribution in [0.25, 0.3) is 11.0 Å². The van der Waals surface area contributed by atoms with Gasteiger partial charge in [-0.15, -0.1) is 0 Å². The number of aromatic nitrogens is 3. The summed E-state index contributed by atoms with van der Waals surface area (Å²) in [5.74, 6) is -0.198. The van der Waals surface area contributed by atoms with Gasteiger partial charge < -0.3 is 15.5 Å². The largest absolute Gasteiger partial charge is 0.326 e. The van der Waals surface area contributed by atoms with E-state index in [0.717, 1.165) is 42.8 Å². The average molecular weight is 451 g/mol. The van der Waals surface area contributed by atoms with Crippen molar-refractivity contribution >= 4 is 34.3 Å². The smallest absolute Gasteiger partial charge is 0.321 e. The SMILES string of the molecule is Cc1nc2c(c(C)c1CC(=O)Nc1ccc(NC(=O)N3CCCCCC3)cc1)c(=O)[nH]n2C. The zero-order valence-electron chi connectivity index (χ0n) is 19.3. The number of fused-ring (bicyclic) bond motifs is 1. The van der Waals surface area contributed by atoms with E-state index in [9.17, 15) is 14.4 Å². The molecule has 0 atom stereocenters. The minimum atomic E-state index is -0.211. The summed E-state index contributed by atoms with van der Waals surface area (Å²) in [6.07, 6.45) is 4.53. The number of aryl methyl sites for hydroxylation is 3. The topological polar surface area (TPSA) is 112 Å². The van der Waals surface area contributed by atoms with E-state index in [1.165, 1.54) is 12.8 Å². The number of amides is 3. The molecule has 3 heterocycles. The molecular weight excluding hydrogens is 420 g/mol. The molecule has 3 aromatic rings. The maximum absolute atomic E-state index is 12.7. The Hall–Kier alpha value is -3.62. The van der Waals surface area contributed by atoms with Crippen LogP contribution < -0.4 is 16.2 Å². The molecule has 0 bridgehead atoms. The van der Waals surface area contributed by atoms with Crippen LogP contribution in [0.1, 0.15) is 42.5 Å². The molecule has 1 aromatic carbocycles. The predicted octanol–water partition coefficient (Wildman–Crippen LogP) is 3.47. The first-order valence-electron chi connectivity index (χ1n) is 11.3. The molecule has 1 aliphatic heterocycles. The minimum Gasteiger partial charge on any atom is -0.326 e. The number of aromatic amines is 1. The Morgan fingerprint density at radius 3 is 2.24 bits per heavy atom. The Balaban J connectivity index is 1.40. The summed E-state index contributed by atoms with van der Waals surface area (Å²) in [5, 5.41) is 9.04. The Labute approximate surface area is 192 Å². The van der Waals surface area contributed by atoms with E-state index in [4.69, 9.17) is 0 Å². The van der Waals surface area contributed by atoms with Crippen LogP contribution in [-0.2, 0) is 18.3 Å². The number of rotatable bonds is 4. The van der Waals surface area contributed by atoms with Gasteiger partial charge in [-0.2, -0.15) is 0 Å². The van der Waals surface area contributed by atoms with Gasteiger partial charge in [-0.3, -0.25) is 19.4 Å². The zero-order chi connectivity index (χ0) is 23.5. The Morgan fingerprint density at radius 2 is 1.61 bits per heavy atom.